The molecule has 4 heteroatoms. The van der Waals surface area contributed by atoms with E-state index < -0.39 is 0 Å². The average molecular weight is 345 g/mol. The number of rotatable bonds is 4. The Kier molecular flexibility index (Phi) is 4.57. The van der Waals surface area contributed by atoms with Crippen LogP contribution in [0.25, 0.3) is 17.1 Å². The highest BCUT2D eigenvalue weighted by Gasteiger charge is 2.30. The molecule has 2 heterocycles. The Morgan fingerprint density at radius 2 is 2.04 bits per heavy atom. The number of nitrogens with zero attached hydrogens (tertiary/aromatic N) is 2. The molecule has 0 bridgehead atoms. The number of benzene rings is 2. The lowest BCUT2D eigenvalue weighted by molar-refractivity contribution is -0.126. The maximum Gasteiger partial charge on any atom is 0.247 e. The van der Waals surface area contributed by atoms with E-state index in [1.54, 1.807) is 6.08 Å². The lowest BCUT2D eigenvalue weighted by Gasteiger charge is -2.21. The summed E-state index contributed by atoms with van der Waals surface area (Å²) in [5.74, 6) is 0.935. The molecule has 1 fully saturated rings. The SMILES string of the molecule is CCc1ccc(/C=C/C(=O)N2CCCC2c2nc3ccccc3[nH]2)cc1. The highest BCUT2D eigenvalue weighted by Crippen LogP contribution is 2.31. The fraction of sp³-hybridized carbons (Fsp3) is 0.273. The molecule has 26 heavy (non-hydrogen) atoms. The van der Waals surface area contributed by atoms with Crippen molar-refractivity contribution in [3.8, 4) is 0 Å². The van der Waals surface area contributed by atoms with Crippen molar-refractivity contribution in [2.24, 2.45) is 0 Å². The molecule has 1 saturated heterocycles. The lowest BCUT2D eigenvalue weighted by atomic mass is 10.1. The molecule has 0 aliphatic carbocycles. The van der Waals surface area contributed by atoms with Crippen molar-refractivity contribution < 1.29 is 4.79 Å². The van der Waals surface area contributed by atoms with E-state index in [9.17, 15) is 4.79 Å². The van der Waals surface area contributed by atoms with Crippen molar-refractivity contribution in [2.45, 2.75) is 32.2 Å². The summed E-state index contributed by atoms with van der Waals surface area (Å²) < 4.78 is 0. The first-order chi connectivity index (χ1) is 12.7. The van der Waals surface area contributed by atoms with Gasteiger partial charge in [-0.2, -0.15) is 0 Å². The number of aromatic nitrogens is 2. The molecule has 1 N–H and O–H groups in total. The van der Waals surface area contributed by atoms with Gasteiger partial charge in [-0.25, -0.2) is 4.98 Å². The van der Waals surface area contributed by atoms with E-state index in [4.69, 9.17) is 4.98 Å². The van der Waals surface area contributed by atoms with Crippen LogP contribution in [-0.4, -0.2) is 27.3 Å². The standard InChI is InChI=1S/C22H23N3O/c1-2-16-9-11-17(12-10-16)13-14-21(26)25-15-5-8-20(25)22-23-18-6-3-4-7-19(18)24-22/h3-4,6-7,9-14,20H,2,5,8,15H2,1H3,(H,23,24)/b14-13+. The van der Waals surface area contributed by atoms with Gasteiger partial charge in [0.05, 0.1) is 17.1 Å². The van der Waals surface area contributed by atoms with E-state index >= 15 is 0 Å². The van der Waals surface area contributed by atoms with Gasteiger partial charge in [0.15, 0.2) is 0 Å². The van der Waals surface area contributed by atoms with Gasteiger partial charge in [0.25, 0.3) is 0 Å². The Morgan fingerprint density at radius 3 is 2.81 bits per heavy atom. The summed E-state index contributed by atoms with van der Waals surface area (Å²) >= 11 is 0. The summed E-state index contributed by atoms with van der Waals surface area (Å²) in [4.78, 5) is 22.7. The molecule has 1 aliphatic heterocycles. The first-order valence-electron chi connectivity index (χ1n) is 9.27. The molecule has 2 aromatic carbocycles. The van der Waals surface area contributed by atoms with Crippen LogP contribution >= 0.6 is 0 Å². The van der Waals surface area contributed by atoms with Crippen molar-refractivity contribution in [3.05, 3.63) is 71.6 Å². The molecule has 0 spiro atoms. The van der Waals surface area contributed by atoms with Crippen LogP contribution in [-0.2, 0) is 11.2 Å². The Hall–Kier alpha value is -2.88. The molecule has 4 rings (SSSR count). The molecule has 0 radical (unpaired) electrons. The molecule has 1 atom stereocenters. The van der Waals surface area contributed by atoms with Gasteiger partial charge in [-0.15, -0.1) is 0 Å². The first-order valence-corrected chi connectivity index (χ1v) is 9.27. The van der Waals surface area contributed by atoms with Crippen LogP contribution < -0.4 is 0 Å². The zero-order valence-electron chi connectivity index (χ0n) is 15.0. The number of para-hydroxylation sites is 2. The number of fused-ring (bicyclic) bond motifs is 1. The van der Waals surface area contributed by atoms with Gasteiger partial charge in [0.1, 0.15) is 5.82 Å². The maximum absolute atomic E-state index is 12.7. The van der Waals surface area contributed by atoms with Crippen molar-refractivity contribution in [1.29, 1.82) is 0 Å². The maximum atomic E-state index is 12.7. The number of likely N-dealkylation sites (tertiary alicyclic amines) is 1. The van der Waals surface area contributed by atoms with Gasteiger partial charge in [0, 0.05) is 12.6 Å². The largest absolute Gasteiger partial charge is 0.340 e. The minimum Gasteiger partial charge on any atom is -0.340 e. The van der Waals surface area contributed by atoms with Gasteiger partial charge >= 0.3 is 0 Å². The van der Waals surface area contributed by atoms with E-state index in [0.29, 0.717) is 0 Å². The molecule has 1 aromatic heterocycles. The molecule has 1 amide bonds. The smallest absolute Gasteiger partial charge is 0.247 e. The molecule has 3 aromatic rings. The summed E-state index contributed by atoms with van der Waals surface area (Å²) in [5.41, 5.74) is 4.33. The number of H-pyrrole nitrogens is 1. The van der Waals surface area contributed by atoms with E-state index in [2.05, 4.69) is 36.2 Å². The summed E-state index contributed by atoms with van der Waals surface area (Å²) in [6.45, 7) is 2.92. The summed E-state index contributed by atoms with van der Waals surface area (Å²) in [7, 11) is 0. The number of nitrogens with one attached hydrogen (secondary N) is 1. The van der Waals surface area contributed by atoms with Crippen LogP contribution in [0.5, 0.6) is 0 Å². The van der Waals surface area contributed by atoms with E-state index in [1.807, 2.05) is 35.2 Å². The van der Waals surface area contributed by atoms with E-state index in [0.717, 1.165) is 48.2 Å². The molecule has 1 unspecified atom stereocenters. The van der Waals surface area contributed by atoms with Crippen LogP contribution in [0, 0.1) is 0 Å². The zero-order chi connectivity index (χ0) is 17.9. The fourth-order valence-corrected chi connectivity index (χ4v) is 3.57. The minimum atomic E-state index is 0.0296. The quantitative estimate of drug-likeness (QED) is 0.708. The second-order valence-corrected chi connectivity index (χ2v) is 6.76. The second-order valence-electron chi connectivity index (χ2n) is 6.76. The highest BCUT2D eigenvalue weighted by molar-refractivity contribution is 5.92. The predicted molar refractivity (Wildman–Crippen MR) is 105 cm³/mol. The predicted octanol–water partition coefficient (Wildman–Crippen LogP) is 4.50. The average Bonchev–Trinajstić information content (AvgIpc) is 3.32. The van der Waals surface area contributed by atoms with Crippen molar-refractivity contribution >= 4 is 23.0 Å². The topological polar surface area (TPSA) is 49.0 Å². The molecule has 132 valence electrons. The summed E-state index contributed by atoms with van der Waals surface area (Å²) in [6.07, 6.45) is 6.56. The zero-order valence-corrected chi connectivity index (χ0v) is 15.0. The lowest BCUT2D eigenvalue weighted by Crippen LogP contribution is -2.29. The number of hydrogen-bond donors (Lipinski definition) is 1. The fourth-order valence-electron chi connectivity index (χ4n) is 3.57. The van der Waals surface area contributed by atoms with Crippen LogP contribution in [0.4, 0.5) is 0 Å². The number of carbonyl (C=O) groups excluding carboxylic acids is 1. The Morgan fingerprint density at radius 1 is 1.23 bits per heavy atom. The third-order valence-electron chi connectivity index (χ3n) is 5.07. The third-order valence-corrected chi connectivity index (χ3v) is 5.07. The Bertz CT molecular complexity index is 906. The first kappa shape index (κ1) is 16.6. The second kappa shape index (κ2) is 7.16. The number of aryl methyl sites for hydroxylation is 1. The minimum absolute atomic E-state index is 0.0296. The van der Waals surface area contributed by atoms with Crippen LogP contribution in [0.1, 0.15) is 42.8 Å². The van der Waals surface area contributed by atoms with Gasteiger partial charge in [-0.3, -0.25) is 4.79 Å². The summed E-state index contributed by atoms with van der Waals surface area (Å²) in [5, 5.41) is 0. The van der Waals surface area contributed by atoms with Gasteiger partial charge in [-0.1, -0.05) is 43.3 Å². The van der Waals surface area contributed by atoms with E-state index in [1.165, 1.54) is 5.56 Å². The normalized spacial score (nSPS) is 17.4. The summed E-state index contributed by atoms with van der Waals surface area (Å²) in [6, 6.07) is 16.4. The van der Waals surface area contributed by atoms with Crippen LogP contribution in [0.2, 0.25) is 0 Å². The highest BCUT2D eigenvalue weighted by atomic mass is 16.2. The number of amides is 1. The molecular formula is C22H23N3O. The van der Waals surface area contributed by atoms with Gasteiger partial charge in [-0.05, 0) is 48.6 Å². The van der Waals surface area contributed by atoms with Crippen molar-refractivity contribution in [1.82, 2.24) is 14.9 Å². The Labute approximate surface area is 153 Å². The van der Waals surface area contributed by atoms with Crippen LogP contribution in [0.3, 0.4) is 0 Å². The molecule has 1 aliphatic rings. The van der Waals surface area contributed by atoms with Gasteiger partial charge < -0.3 is 9.88 Å². The van der Waals surface area contributed by atoms with Crippen molar-refractivity contribution in [2.75, 3.05) is 6.54 Å². The molecule has 4 nitrogen and oxygen atoms in total. The number of carbonyl (C=O) groups is 1. The number of aromatic amines is 1. The number of hydrogen-bond acceptors (Lipinski definition) is 2. The van der Waals surface area contributed by atoms with Gasteiger partial charge in [0.2, 0.25) is 5.91 Å². The molecular weight excluding hydrogens is 322 g/mol. The van der Waals surface area contributed by atoms with E-state index in [-0.39, 0.29) is 11.9 Å². The monoisotopic (exact) mass is 345 g/mol. The number of imidazole rings is 1. The van der Waals surface area contributed by atoms with Crippen LogP contribution in [0.15, 0.2) is 54.6 Å². The third kappa shape index (κ3) is 3.27. The Balaban J connectivity index is 1.51. The molecule has 0 saturated carbocycles. The van der Waals surface area contributed by atoms with Crippen molar-refractivity contribution in [3.63, 3.8) is 0 Å².